The first kappa shape index (κ1) is 13.4. The van der Waals surface area contributed by atoms with E-state index in [1.807, 2.05) is 18.7 Å². The van der Waals surface area contributed by atoms with Gasteiger partial charge in [-0.3, -0.25) is 4.68 Å². The first-order valence-corrected chi connectivity index (χ1v) is 6.85. The molecule has 2 heterocycles. The van der Waals surface area contributed by atoms with Gasteiger partial charge in [-0.1, -0.05) is 13.8 Å². The van der Waals surface area contributed by atoms with Crippen molar-refractivity contribution >= 4 is 5.82 Å². The third-order valence-electron chi connectivity index (χ3n) is 4.34. The molecule has 1 aromatic heterocycles. The molecule has 102 valence electrons. The number of rotatable bonds is 2. The molecule has 0 saturated carbocycles. The number of aryl methyl sites for hydroxylation is 2. The number of nitrogens with zero attached hydrogens (tertiary/aromatic N) is 3. The van der Waals surface area contributed by atoms with Gasteiger partial charge in [-0.15, -0.1) is 0 Å². The Morgan fingerprint density at radius 3 is 2.61 bits per heavy atom. The zero-order valence-electron chi connectivity index (χ0n) is 12.1. The summed E-state index contributed by atoms with van der Waals surface area (Å²) in [4.78, 5) is 2.42. The van der Waals surface area contributed by atoms with Crippen molar-refractivity contribution in [3.63, 3.8) is 0 Å². The number of hydrogen-bond acceptors (Lipinski definition) is 3. The maximum absolute atomic E-state index is 9.58. The fourth-order valence-electron chi connectivity index (χ4n) is 3.23. The van der Waals surface area contributed by atoms with Crippen LogP contribution in [0.4, 0.5) is 5.82 Å². The van der Waals surface area contributed by atoms with Crippen LogP contribution in [0.3, 0.4) is 0 Å². The molecule has 1 N–H and O–H groups in total. The normalized spacial score (nSPS) is 28.8. The van der Waals surface area contributed by atoms with E-state index < -0.39 is 0 Å². The van der Waals surface area contributed by atoms with Gasteiger partial charge in [0.2, 0.25) is 0 Å². The minimum Gasteiger partial charge on any atom is -0.391 e. The topological polar surface area (TPSA) is 41.3 Å². The largest absolute Gasteiger partial charge is 0.391 e. The van der Waals surface area contributed by atoms with Gasteiger partial charge in [0, 0.05) is 25.2 Å². The van der Waals surface area contributed by atoms with Gasteiger partial charge in [-0.25, -0.2) is 0 Å². The van der Waals surface area contributed by atoms with E-state index in [4.69, 9.17) is 0 Å². The van der Waals surface area contributed by atoms with Crippen LogP contribution in [0.2, 0.25) is 0 Å². The Balaban J connectivity index is 2.40. The van der Waals surface area contributed by atoms with Crippen LogP contribution in [-0.2, 0) is 13.7 Å². The molecule has 4 nitrogen and oxygen atoms in total. The molecule has 1 aromatic rings. The Morgan fingerprint density at radius 2 is 2.00 bits per heavy atom. The fraction of sp³-hybridized carbons (Fsp3) is 0.786. The summed E-state index contributed by atoms with van der Waals surface area (Å²) in [6.07, 6.45) is 1.28. The lowest BCUT2D eigenvalue weighted by atomic mass is 9.86. The van der Waals surface area contributed by atoms with Crippen LogP contribution in [0, 0.1) is 18.8 Å². The van der Waals surface area contributed by atoms with Gasteiger partial charge in [0.05, 0.1) is 12.3 Å². The van der Waals surface area contributed by atoms with Crippen LogP contribution in [-0.4, -0.2) is 27.5 Å². The van der Waals surface area contributed by atoms with Gasteiger partial charge in [-0.2, -0.15) is 5.10 Å². The minimum atomic E-state index is 0.0704. The predicted molar refractivity (Wildman–Crippen MR) is 73.6 cm³/mol. The monoisotopic (exact) mass is 251 g/mol. The Morgan fingerprint density at radius 1 is 1.33 bits per heavy atom. The molecule has 1 aliphatic rings. The van der Waals surface area contributed by atoms with Gasteiger partial charge in [-0.05, 0) is 32.1 Å². The molecule has 1 aliphatic heterocycles. The van der Waals surface area contributed by atoms with Crippen molar-refractivity contribution in [3.8, 4) is 0 Å². The number of piperidine rings is 1. The van der Waals surface area contributed by atoms with Gasteiger partial charge in [0.1, 0.15) is 5.82 Å². The minimum absolute atomic E-state index is 0.0704. The molecule has 2 rings (SSSR count). The van der Waals surface area contributed by atoms with E-state index in [0.717, 1.165) is 23.6 Å². The van der Waals surface area contributed by atoms with Gasteiger partial charge < -0.3 is 10.0 Å². The Kier molecular flexibility index (Phi) is 3.66. The van der Waals surface area contributed by atoms with Crippen molar-refractivity contribution in [1.82, 2.24) is 9.78 Å². The van der Waals surface area contributed by atoms with Gasteiger partial charge >= 0.3 is 0 Å². The summed E-state index contributed by atoms with van der Waals surface area (Å²) in [5.74, 6) is 2.47. The quantitative estimate of drug-likeness (QED) is 0.875. The second-order valence-electron chi connectivity index (χ2n) is 5.88. The predicted octanol–water partition coefficient (Wildman–Crippen LogP) is 2.09. The van der Waals surface area contributed by atoms with E-state index >= 15 is 0 Å². The summed E-state index contributed by atoms with van der Waals surface area (Å²) >= 11 is 0. The standard InChI is InChI=1S/C14H25N3O/c1-9-6-10(2)12(4)17(7-9)14-13(8-18)11(3)15-16(14)5/h9-10,12,18H,6-8H2,1-5H3. The van der Waals surface area contributed by atoms with E-state index in [-0.39, 0.29) is 6.61 Å². The zero-order valence-corrected chi connectivity index (χ0v) is 12.1. The summed E-state index contributed by atoms with van der Waals surface area (Å²) in [6.45, 7) is 9.99. The first-order valence-electron chi connectivity index (χ1n) is 6.85. The van der Waals surface area contributed by atoms with Crippen LogP contribution < -0.4 is 4.90 Å². The molecule has 3 atom stereocenters. The second-order valence-corrected chi connectivity index (χ2v) is 5.88. The maximum Gasteiger partial charge on any atom is 0.132 e. The molecule has 4 heteroatoms. The van der Waals surface area contributed by atoms with Crippen molar-refractivity contribution in [2.75, 3.05) is 11.4 Å². The van der Waals surface area contributed by atoms with E-state index in [1.165, 1.54) is 6.42 Å². The second kappa shape index (κ2) is 4.92. The van der Waals surface area contributed by atoms with Crippen molar-refractivity contribution in [3.05, 3.63) is 11.3 Å². The van der Waals surface area contributed by atoms with E-state index in [9.17, 15) is 5.11 Å². The summed E-state index contributed by atoms with van der Waals surface area (Å²) in [6, 6.07) is 0.501. The lowest BCUT2D eigenvalue weighted by Gasteiger charge is -2.42. The number of hydrogen-bond donors (Lipinski definition) is 1. The number of aliphatic hydroxyl groups excluding tert-OH is 1. The molecule has 3 unspecified atom stereocenters. The lowest BCUT2D eigenvalue weighted by molar-refractivity contribution is 0.274. The fourth-order valence-corrected chi connectivity index (χ4v) is 3.23. The zero-order chi connectivity index (χ0) is 13.4. The third-order valence-corrected chi connectivity index (χ3v) is 4.34. The molecule has 1 fully saturated rings. The average Bonchev–Trinajstić information content (AvgIpc) is 2.58. The van der Waals surface area contributed by atoms with E-state index in [0.29, 0.717) is 17.9 Å². The van der Waals surface area contributed by atoms with Gasteiger partial charge in [0.25, 0.3) is 0 Å². The number of aromatic nitrogens is 2. The average molecular weight is 251 g/mol. The molecule has 0 bridgehead atoms. The van der Waals surface area contributed by atoms with Crippen LogP contribution in [0.25, 0.3) is 0 Å². The lowest BCUT2D eigenvalue weighted by Crippen LogP contribution is -2.47. The number of anilines is 1. The Bertz CT molecular complexity index is 427. The third kappa shape index (κ3) is 2.14. The van der Waals surface area contributed by atoms with E-state index in [1.54, 1.807) is 0 Å². The molecule has 0 amide bonds. The molecule has 18 heavy (non-hydrogen) atoms. The Hall–Kier alpha value is -1.03. The molecular weight excluding hydrogens is 226 g/mol. The van der Waals surface area contributed by atoms with Crippen molar-refractivity contribution in [1.29, 1.82) is 0 Å². The summed E-state index contributed by atoms with van der Waals surface area (Å²) < 4.78 is 1.92. The summed E-state index contributed by atoms with van der Waals surface area (Å²) in [7, 11) is 1.97. The summed E-state index contributed by atoms with van der Waals surface area (Å²) in [5, 5.41) is 14.0. The molecule has 0 aromatic carbocycles. The summed E-state index contributed by atoms with van der Waals surface area (Å²) in [5.41, 5.74) is 1.92. The molecule has 0 radical (unpaired) electrons. The molecular formula is C14H25N3O. The van der Waals surface area contributed by atoms with E-state index in [2.05, 4.69) is 30.8 Å². The highest BCUT2D eigenvalue weighted by Gasteiger charge is 2.32. The molecule has 0 aliphatic carbocycles. The van der Waals surface area contributed by atoms with Crippen LogP contribution in [0.15, 0.2) is 0 Å². The van der Waals surface area contributed by atoms with Crippen molar-refractivity contribution in [2.45, 2.75) is 46.8 Å². The molecule has 0 spiro atoms. The smallest absolute Gasteiger partial charge is 0.132 e. The maximum atomic E-state index is 9.58. The first-order chi connectivity index (χ1) is 8.45. The SMILES string of the molecule is Cc1nn(C)c(N2CC(C)CC(C)C2C)c1CO. The molecule has 1 saturated heterocycles. The van der Waals surface area contributed by atoms with Crippen molar-refractivity contribution < 1.29 is 5.11 Å². The van der Waals surface area contributed by atoms with Gasteiger partial charge in [0.15, 0.2) is 0 Å². The van der Waals surface area contributed by atoms with Crippen LogP contribution in [0.5, 0.6) is 0 Å². The number of aliphatic hydroxyl groups is 1. The van der Waals surface area contributed by atoms with Crippen molar-refractivity contribution in [2.24, 2.45) is 18.9 Å². The van der Waals surface area contributed by atoms with Crippen LogP contribution in [0.1, 0.15) is 38.4 Å². The highest BCUT2D eigenvalue weighted by molar-refractivity contribution is 5.51. The van der Waals surface area contributed by atoms with Crippen LogP contribution >= 0.6 is 0 Å². The highest BCUT2D eigenvalue weighted by Crippen LogP contribution is 2.33. The Labute approximate surface area is 110 Å². The highest BCUT2D eigenvalue weighted by atomic mass is 16.3.